The lowest BCUT2D eigenvalue weighted by Crippen LogP contribution is -2.58. The number of fused-ring (bicyclic) bond motifs is 1. The zero-order valence-corrected chi connectivity index (χ0v) is 20.6. The van der Waals surface area contributed by atoms with E-state index in [1.807, 2.05) is 13.0 Å². The molecule has 37 heavy (non-hydrogen) atoms. The van der Waals surface area contributed by atoms with Gasteiger partial charge in [0.2, 0.25) is 0 Å². The van der Waals surface area contributed by atoms with Crippen LogP contribution in [0.1, 0.15) is 26.5 Å². The van der Waals surface area contributed by atoms with Crippen molar-refractivity contribution in [3.8, 4) is 22.5 Å². The highest BCUT2D eigenvalue weighted by Crippen LogP contribution is 2.37. The maximum Gasteiger partial charge on any atom is 0.408 e. The second kappa shape index (κ2) is 8.54. The van der Waals surface area contributed by atoms with Gasteiger partial charge in [0.1, 0.15) is 24.0 Å². The van der Waals surface area contributed by atoms with Crippen LogP contribution in [0.2, 0.25) is 0 Å². The number of carbonyl (C=O) groups excluding carboxylic acids is 1. The summed E-state index contributed by atoms with van der Waals surface area (Å²) in [6.07, 6.45) is -0.285. The number of amides is 1. The minimum atomic E-state index is -4.47. The van der Waals surface area contributed by atoms with E-state index in [0.29, 0.717) is 40.3 Å². The summed E-state index contributed by atoms with van der Waals surface area (Å²) >= 11 is 0. The summed E-state index contributed by atoms with van der Waals surface area (Å²) in [5.41, 5.74) is 8.44. The van der Waals surface area contributed by atoms with Gasteiger partial charge in [0.15, 0.2) is 5.82 Å². The molecule has 0 spiro atoms. The van der Waals surface area contributed by atoms with Crippen molar-refractivity contribution >= 4 is 22.9 Å². The number of ether oxygens (including phenoxy) is 1. The van der Waals surface area contributed by atoms with Gasteiger partial charge in [-0.1, -0.05) is 0 Å². The van der Waals surface area contributed by atoms with Crippen molar-refractivity contribution in [2.45, 2.75) is 52.1 Å². The second-order valence-corrected chi connectivity index (χ2v) is 9.51. The Balaban J connectivity index is 1.68. The van der Waals surface area contributed by atoms with Crippen molar-refractivity contribution in [1.82, 2.24) is 29.4 Å². The number of nitrogens with zero attached hydrogens (tertiary/aromatic N) is 7. The van der Waals surface area contributed by atoms with E-state index in [1.54, 1.807) is 37.9 Å². The van der Waals surface area contributed by atoms with E-state index in [2.05, 4.69) is 20.2 Å². The van der Waals surface area contributed by atoms with E-state index < -0.39 is 18.3 Å². The Morgan fingerprint density at radius 3 is 2.68 bits per heavy atom. The molecule has 4 aromatic rings. The highest BCUT2D eigenvalue weighted by molar-refractivity contribution is 6.01. The Morgan fingerprint density at radius 1 is 1.19 bits per heavy atom. The fourth-order valence-corrected chi connectivity index (χ4v) is 4.53. The molecule has 5 rings (SSSR count). The van der Waals surface area contributed by atoms with E-state index in [0.717, 1.165) is 4.68 Å². The van der Waals surface area contributed by atoms with Gasteiger partial charge >= 0.3 is 6.18 Å². The molecular weight excluding hydrogens is 489 g/mol. The predicted octanol–water partition coefficient (Wildman–Crippen LogP) is 3.64. The van der Waals surface area contributed by atoms with Gasteiger partial charge in [-0.15, -0.1) is 0 Å². The molecule has 10 nitrogen and oxygen atoms in total. The SMILES string of the molecule is Cc1ncc(-c2cc(-c3ccnn3CC(F)(F)F)c3c(N)ncnn23)cc1N1C(=O)C(C)(C)OCC1C. The van der Waals surface area contributed by atoms with Crippen molar-refractivity contribution in [3.63, 3.8) is 0 Å². The van der Waals surface area contributed by atoms with Crippen LogP contribution in [-0.2, 0) is 16.1 Å². The Morgan fingerprint density at radius 2 is 1.95 bits per heavy atom. The number of anilines is 2. The van der Waals surface area contributed by atoms with Crippen LogP contribution in [0.15, 0.2) is 36.9 Å². The average molecular weight is 515 g/mol. The molecule has 0 saturated carbocycles. The van der Waals surface area contributed by atoms with Gasteiger partial charge < -0.3 is 15.4 Å². The van der Waals surface area contributed by atoms with Crippen molar-refractivity contribution in [2.24, 2.45) is 0 Å². The molecule has 1 amide bonds. The van der Waals surface area contributed by atoms with Gasteiger partial charge in [-0.2, -0.15) is 23.4 Å². The zero-order valence-electron chi connectivity index (χ0n) is 20.6. The van der Waals surface area contributed by atoms with Crippen LogP contribution < -0.4 is 10.6 Å². The van der Waals surface area contributed by atoms with Crippen molar-refractivity contribution in [3.05, 3.63) is 42.6 Å². The van der Waals surface area contributed by atoms with E-state index in [9.17, 15) is 18.0 Å². The summed E-state index contributed by atoms with van der Waals surface area (Å²) in [6.45, 7) is 6.22. The van der Waals surface area contributed by atoms with Crippen LogP contribution in [0, 0.1) is 6.92 Å². The van der Waals surface area contributed by atoms with Gasteiger partial charge in [-0.25, -0.2) is 9.50 Å². The number of hydrogen-bond acceptors (Lipinski definition) is 7. The number of alkyl halides is 3. The maximum atomic E-state index is 13.3. The summed E-state index contributed by atoms with van der Waals surface area (Å²) in [7, 11) is 0. The Labute approximate surface area is 209 Å². The largest absolute Gasteiger partial charge is 0.408 e. The molecule has 5 heterocycles. The quantitative estimate of drug-likeness (QED) is 0.442. The summed E-state index contributed by atoms with van der Waals surface area (Å²) < 4.78 is 47.7. The lowest BCUT2D eigenvalue weighted by molar-refractivity contribution is -0.147. The number of hydrogen-bond donors (Lipinski definition) is 1. The first-order chi connectivity index (χ1) is 17.4. The standard InChI is InChI=1S/C24H25F3N8O2/c1-13-10-37-23(3,4)22(36)34(13)18-7-15(9-29-14(18)2)19-8-16(20-21(28)30-12-32-35(19)20)17-5-6-31-33(17)11-24(25,26)27/h5-9,12-13H,10-11H2,1-4H3,(H2,28,30,32). The monoisotopic (exact) mass is 514 g/mol. The van der Waals surface area contributed by atoms with Gasteiger partial charge in [0.05, 0.1) is 35.4 Å². The number of carbonyl (C=O) groups is 1. The number of halogens is 3. The Bertz CT molecular complexity index is 1510. The van der Waals surface area contributed by atoms with Gasteiger partial charge in [0, 0.05) is 23.5 Å². The lowest BCUT2D eigenvalue weighted by Gasteiger charge is -2.42. The molecule has 2 N–H and O–H groups in total. The van der Waals surface area contributed by atoms with Gasteiger partial charge in [-0.05, 0) is 45.9 Å². The van der Waals surface area contributed by atoms with Crippen LogP contribution >= 0.6 is 0 Å². The first kappa shape index (κ1) is 24.7. The maximum absolute atomic E-state index is 13.3. The van der Waals surface area contributed by atoms with E-state index in [1.165, 1.54) is 23.1 Å². The minimum absolute atomic E-state index is 0.0926. The molecule has 1 unspecified atom stereocenters. The van der Waals surface area contributed by atoms with Gasteiger partial charge in [-0.3, -0.25) is 14.5 Å². The Kier molecular flexibility index (Phi) is 5.70. The van der Waals surface area contributed by atoms with E-state index in [-0.39, 0.29) is 23.5 Å². The molecule has 0 aliphatic carbocycles. The number of rotatable bonds is 4. The molecule has 0 bridgehead atoms. The molecular formula is C24H25F3N8O2. The van der Waals surface area contributed by atoms with Crippen LogP contribution in [0.3, 0.4) is 0 Å². The van der Waals surface area contributed by atoms with Crippen molar-refractivity contribution in [1.29, 1.82) is 0 Å². The number of nitrogen functional groups attached to an aromatic ring is 1. The van der Waals surface area contributed by atoms with Crippen LogP contribution in [0.4, 0.5) is 24.7 Å². The van der Waals surface area contributed by atoms with Crippen LogP contribution in [-0.4, -0.2) is 59.7 Å². The fourth-order valence-electron chi connectivity index (χ4n) is 4.53. The van der Waals surface area contributed by atoms with Crippen molar-refractivity contribution in [2.75, 3.05) is 17.2 Å². The summed E-state index contributed by atoms with van der Waals surface area (Å²) in [4.78, 5) is 23.5. The number of nitrogens with two attached hydrogens (primary N) is 1. The van der Waals surface area contributed by atoms with Crippen LogP contribution in [0.25, 0.3) is 28.0 Å². The van der Waals surface area contributed by atoms with Crippen molar-refractivity contribution < 1.29 is 22.7 Å². The minimum Gasteiger partial charge on any atom is -0.382 e. The third-order valence-electron chi connectivity index (χ3n) is 6.38. The zero-order chi connectivity index (χ0) is 26.7. The molecule has 1 saturated heterocycles. The highest BCUT2D eigenvalue weighted by Gasteiger charge is 2.41. The Hall–Kier alpha value is -4.00. The number of aromatic nitrogens is 6. The molecule has 0 aromatic carbocycles. The number of pyridine rings is 1. The van der Waals surface area contributed by atoms with E-state index in [4.69, 9.17) is 10.5 Å². The molecule has 1 aliphatic rings. The average Bonchev–Trinajstić information content (AvgIpc) is 3.42. The number of aryl methyl sites for hydroxylation is 1. The summed E-state index contributed by atoms with van der Waals surface area (Å²) in [5.74, 6) is -0.105. The molecule has 1 aliphatic heterocycles. The normalized spacial score (nSPS) is 18.1. The smallest absolute Gasteiger partial charge is 0.382 e. The molecule has 0 radical (unpaired) electrons. The summed E-state index contributed by atoms with van der Waals surface area (Å²) in [6, 6.07) is 4.74. The summed E-state index contributed by atoms with van der Waals surface area (Å²) in [5, 5.41) is 8.17. The third-order valence-corrected chi connectivity index (χ3v) is 6.38. The first-order valence-corrected chi connectivity index (χ1v) is 11.5. The molecule has 13 heteroatoms. The lowest BCUT2D eigenvalue weighted by atomic mass is 10.0. The topological polar surface area (TPSA) is 116 Å². The second-order valence-electron chi connectivity index (χ2n) is 9.51. The third kappa shape index (κ3) is 4.28. The molecule has 1 fully saturated rings. The molecule has 1 atom stereocenters. The predicted molar refractivity (Wildman–Crippen MR) is 130 cm³/mol. The highest BCUT2D eigenvalue weighted by atomic mass is 19.4. The van der Waals surface area contributed by atoms with E-state index >= 15 is 0 Å². The first-order valence-electron chi connectivity index (χ1n) is 11.5. The van der Waals surface area contributed by atoms with Crippen LogP contribution in [0.5, 0.6) is 0 Å². The van der Waals surface area contributed by atoms with Gasteiger partial charge in [0.25, 0.3) is 5.91 Å². The fraction of sp³-hybridized carbons (Fsp3) is 0.375. The number of morpholine rings is 1. The molecule has 194 valence electrons. The molecule has 4 aromatic heterocycles.